The van der Waals surface area contributed by atoms with Gasteiger partial charge in [-0.3, -0.25) is 0 Å². The molecule has 2 aromatic rings. The zero-order valence-corrected chi connectivity index (χ0v) is 17.6. The maximum atomic E-state index is 5.33. The van der Waals surface area contributed by atoms with Crippen LogP contribution in [0.15, 0.2) is 24.3 Å². The van der Waals surface area contributed by atoms with Crippen LogP contribution in [0.1, 0.15) is 28.7 Å². The zero-order valence-electron chi connectivity index (χ0n) is 17.6. The quantitative estimate of drug-likeness (QED) is 0.785. The van der Waals surface area contributed by atoms with E-state index >= 15 is 0 Å². The standard InChI is InChI=1S/C12H17NO.C11H15NO/c1-9-7-10-5-4-6-13(2)11(10)8-12(9)14-3;1-8-6-9-4-5-12(2)10(9)7-11(8)13-3/h7-8H,4-6H2,1-3H3;6-7H,4-5H2,1-3H3. The second kappa shape index (κ2) is 8.12. The van der Waals surface area contributed by atoms with E-state index in [2.05, 4.69) is 62.0 Å². The highest BCUT2D eigenvalue weighted by Crippen LogP contribution is 2.33. The van der Waals surface area contributed by atoms with E-state index in [0.717, 1.165) is 31.0 Å². The van der Waals surface area contributed by atoms with Crippen LogP contribution < -0.4 is 19.3 Å². The molecule has 4 heteroatoms. The van der Waals surface area contributed by atoms with Crippen molar-refractivity contribution in [2.75, 3.05) is 51.2 Å². The van der Waals surface area contributed by atoms with Crippen LogP contribution in [0.2, 0.25) is 0 Å². The number of aryl methyl sites for hydroxylation is 3. The Bertz CT molecular complexity index is 817. The molecule has 0 aliphatic carbocycles. The van der Waals surface area contributed by atoms with Crippen LogP contribution in [-0.2, 0) is 12.8 Å². The summed E-state index contributed by atoms with van der Waals surface area (Å²) in [6, 6.07) is 8.78. The maximum Gasteiger partial charge on any atom is 0.123 e. The summed E-state index contributed by atoms with van der Waals surface area (Å²) in [4.78, 5) is 4.58. The minimum Gasteiger partial charge on any atom is -0.496 e. The molecular formula is C23H32N2O2. The van der Waals surface area contributed by atoms with Crippen LogP contribution in [-0.4, -0.2) is 41.4 Å². The van der Waals surface area contributed by atoms with Gasteiger partial charge in [0, 0.05) is 50.7 Å². The number of methoxy groups -OCH3 is 2. The summed E-state index contributed by atoms with van der Waals surface area (Å²) in [5.41, 5.74) is 8.03. The smallest absolute Gasteiger partial charge is 0.123 e. The van der Waals surface area contributed by atoms with Crippen LogP contribution in [0.3, 0.4) is 0 Å². The normalized spacial score (nSPS) is 14.9. The lowest BCUT2D eigenvalue weighted by molar-refractivity contribution is 0.411. The molecule has 0 atom stereocenters. The average Bonchev–Trinajstić information content (AvgIpc) is 3.01. The molecule has 4 nitrogen and oxygen atoms in total. The van der Waals surface area contributed by atoms with Crippen molar-refractivity contribution >= 4 is 11.4 Å². The Morgan fingerprint density at radius 3 is 1.70 bits per heavy atom. The van der Waals surface area contributed by atoms with E-state index in [9.17, 15) is 0 Å². The van der Waals surface area contributed by atoms with Crippen molar-refractivity contribution < 1.29 is 9.47 Å². The van der Waals surface area contributed by atoms with Gasteiger partial charge in [0.25, 0.3) is 0 Å². The molecule has 27 heavy (non-hydrogen) atoms. The molecule has 0 unspecified atom stereocenters. The lowest BCUT2D eigenvalue weighted by Gasteiger charge is -2.28. The molecule has 0 saturated carbocycles. The number of fused-ring (bicyclic) bond motifs is 2. The van der Waals surface area contributed by atoms with Crippen molar-refractivity contribution in [3.05, 3.63) is 46.5 Å². The van der Waals surface area contributed by atoms with Gasteiger partial charge in [-0.2, -0.15) is 0 Å². The second-order valence-corrected chi connectivity index (χ2v) is 7.60. The van der Waals surface area contributed by atoms with Gasteiger partial charge in [0.2, 0.25) is 0 Å². The van der Waals surface area contributed by atoms with Crippen LogP contribution in [0, 0.1) is 13.8 Å². The van der Waals surface area contributed by atoms with Gasteiger partial charge in [-0.1, -0.05) is 12.1 Å². The number of hydrogen-bond donors (Lipinski definition) is 0. The third kappa shape index (κ3) is 4.00. The molecule has 0 spiro atoms. The van der Waals surface area contributed by atoms with Crippen LogP contribution in [0.25, 0.3) is 0 Å². The van der Waals surface area contributed by atoms with Crippen LogP contribution >= 0.6 is 0 Å². The van der Waals surface area contributed by atoms with Gasteiger partial charge >= 0.3 is 0 Å². The van der Waals surface area contributed by atoms with E-state index in [1.165, 1.54) is 46.5 Å². The highest BCUT2D eigenvalue weighted by molar-refractivity contribution is 5.62. The molecule has 0 fully saturated rings. The summed E-state index contributed by atoms with van der Waals surface area (Å²) < 4.78 is 10.6. The van der Waals surface area contributed by atoms with Crippen LogP contribution in [0.4, 0.5) is 11.4 Å². The van der Waals surface area contributed by atoms with E-state index < -0.39 is 0 Å². The molecule has 2 aromatic carbocycles. The Balaban J connectivity index is 0.000000156. The number of benzene rings is 2. The third-order valence-electron chi connectivity index (χ3n) is 5.67. The molecule has 0 amide bonds. The highest BCUT2D eigenvalue weighted by Gasteiger charge is 2.17. The van der Waals surface area contributed by atoms with E-state index in [0.29, 0.717) is 0 Å². The van der Waals surface area contributed by atoms with Crippen LogP contribution in [0.5, 0.6) is 11.5 Å². The van der Waals surface area contributed by atoms with E-state index in [1.54, 1.807) is 14.2 Å². The predicted octanol–water partition coefficient (Wildman–Crippen LogP) is 4.38. The van der Waals surface area contributed by atoms with Gasteiger partial charge in [-0.05, 0) is 55.4 Å². The molecule has 0 N–H and O–H groups in total. The molecule has 146 valence electrons. The Hall–Kier alpha value is -2.36. The largest absolute Gasteiger partial charge is 0.496 e. The monoisotopic (exact) mass is 368 g/mol. The first-order valence-electron chi connectivity index (χ1n) is 9.72. The fourth-order valence-corrected chi connectivity index (χ4v) is 4.06. The molecule has 0 bridgehead atoms. The van der Waals surface area contributed by atoms with Crippen molar-refractivity contribution in [2.24, 2.45) is 0 Å². The SMILES string of the molecule is COc1cc2c(cc1C)CCCN2C.COc1cc2c(cc1C)CCN2C. The van der Waals surface area contributed by atoms with Gasteiger partial charge in [-0.25, -0.2) is 0 Å². The number of hydrogen-bond acceptors (Lipinski definition) is 4. The fraction of sp³-hybridized carbons (Fsp3) is 0.478. The summed E-state index contributed by atoms with van der Waals surface area (Å²) >= 11 is 0. The first kappa shape index (κ1) is 19.4. The number of ether oxygens (including phenoxy) is 2. The van der Waals surface area contributed by atoms with Crippen molar-refractivity contribution in [1.82, 2.24) is 0 Å². The average molecular weight is 369 g/mol. The maximum absolute atomic E-state index is 5.33. The minimum atomic E-state index is 0.993. The number of nitrogens with zero attached hydrogens (tertiary/aromatic N) is 2. The lowest BCUT2D eigenvalue weighted by Crippen LogP contribution is -2.24. The molecule has 2 aliphatic heterocycles. The number of anilines is 2. The Kier molecular flexibility index (Phi) is 5.83. The Morgan fingerprint density at radius 2 is 1.19 bits per heavy atom. The summed E-state index contributed by atoms with van der Waals surface area (Å²) in [5, 5.41) is 0. The second-order valence-electron chi connectivity index (χ2n) is 7.60. The fourth-order valence-electron chi connectivity index (χ4n) is 4.06. The number of rotatable bonds is 2. The first-order valence-corrected chi connectivity index (χ1v) is 9.72. The first-order chi connectivity index (χ1) is 12.9. The molecule has 2 aliphatic rings. The van der Waals surface area contributed by atoms with Gasteiger partial charge in [0.05, 0.1) is 14.2 Å². The van der Waals surface area contributed by atoms with E-state index in [4.69, 9.17) is 9.47 Å². The lowest BCUT2D eigenvalue weighted by atomic mass is 9.99. The van der Waals surface area contributed by atoms with Gasteiger partial charge in [0.15, 0.2) is 0 Å². The molecule has 0 aromatic heterocycles. The minimum absolute atomic E-state index is 0.993. The Labute approximate surface area is 163 Å². The molecule has 0 radical (unpaired) electrons. The zero-order chi connectivity index (χ0) is 19.6. The topological polar surface area (TPSA) is 24.9 Å². The van der Waals surface area contributed by atoms with Gasteiger partial charge in [0.1, 0.15) is 11.5 Å². The highest BCUT2D eigenvalue weighted by atomic mass is 16.5. The predicted molar refractivity (Wildman–Crippen MR) is 114 cm³/mol. The molecular weight excluding hydrogens is 336 g/mol. The number of likely N-dealkylation sites (N-methyl/N-ethyl adjacent to an activating group) is 1. The van der Waals surface area contributed by atoms with E-state index in [-0.39, 0.29) is 0 Å². The van der Waals surface area contributed by atoms with Gasteiger partial charge in [-0.15, -0.1) is 0 Å². The summed E-state index contributed by atoms with van der Waals surface area (Å²) in [5.74, 6) is 1.99. The van der Waals surface area contributed by atoms with Crippen molar-refractivity contribution in [3.63, 3.8) is 0 Å². The molecule has 0 saturated heterocycles. The van der Waals surface area contributed by atoms with Gasteiger partial charge < -0.3 is 19.3 Å². The summed E-state index contributed by atoms with van der Waals surface area (Å²) in [7, 11) is 7.73. The molecule has 2 heterocycles. The molecule has 4 rings (SSSR count). The summed E-state index contributed by atoms with van der Waals surface area (Å²) in [6.07, 6.45) is 3.62. The summed E-state index contributed by atoms with van der Waals surface area (Å²) in [6.45, 7) is 6.48. The van der Waals surface area contributed by atoms with Crippen molar-refractivity contribution in [2.45, 2.75) is 33.1 Å². The van der Waals surface area contributed by atoms with E-state index in [1.807, 2.05) is 0 Å². The Morgan fingerprint density at radius 1 is 0.704 bits per heavy atom. The third-order valence-corrected chi connectivity index (χ3v) is 5.67. The van der Waals surface area contributed by atoms with Crippen molar-refractivity contribution in [3.8, 4) is 11.5 Å². The van der Waals surface area contributed by atoms with Crippen molar-refractivity contribution in [1.29, 1.82) is 0 Å².